The van der Waals surface area contributed by atoms with Crippen LogP contribution < -0.4 is 4.90 Å². The zero-order chi connectivity index (χ0) is 13.8. The largest absolute Gasteiger partial charge is 0.368 e. The van der Waals surface area contributed by atoms with Crippen molar-refractivity contribution in [3.8, 4) is 0 Å². The molecule has 0 saturated carbocycles. The van der Waals surface area contributed by atoms with Crippen molar-refractivity contribution >= 4 is 27.4 Å². The molecule has 1 atom stereocenters. The fraction of sp³-hybridized carbons (Fsp3) is 0.562. The Labute approximate surface area is 124 Å². The number of hydrogen-bond acceptors (Lipinski definition) is 2. The second kappa shape index (κ2) is 6.56. The highest BCUT2D eigenvalue weighted by Gasteiger charge is 2.24. The molecule has 0 spiro atoms. The standard InChI is InChI=1S/C16H22BrNO/c1-3-6-14-7-4-5-10-18(14)16-9-8-13(17)11-15(16)12(2)19/h8-9,11,14H,3-7,10H2,1-2H3. The molecule has 0 aromatic heterocycles. The molecule has 2 nitrogen and oxygen atoms in total. The molecule has 1 heterocycles. The van der Waals surface area contributed by atoms with E-state index in [9.17, 15) is 4.79 Å². The van der Waals surface area contributed by atoms with Gasteiger partial charge in [-0.15, -0.1) is 0 Å². The molecule has 1 aromatic carbocycles. The van der Waals surface area contributed by atoms with Crippen LogP contribution in [0.1, 0.15) is 56.3 Å². The molecule has 1 unspecified atom stereocenters. The molecule has 0 N–H and O–H groups in total. The topological polar surface area (TPSA) is 20.3 Å². The Hall–Kier alpha value is -0.830. The molecule has 3 heteroatoms. The SMILES string of the molecule is CCCC1CCCCN1c1ccc(Br)cc1C(C)=O. The van der Waals surface area contributed by atoms with Crippen molar-refractivity contribution in [2.45, 2.75) is 52.0 Å². The molecule has 0 bridgehead atoms. The molecule has 2 rings (SSSR count). The Balaban J connectivity index is 2.35. The number of hydrogen-bond donors (Lipinski definition) is 0. The predicted octanol–water partition coefficient (Wildman–Crippen LogP) is 4.81. The third-order valence-corrected chi connectivity index (χ3v) is 4.39. The molecule has 0 amide bonds. The van der Waals surface area contributed by atoms with Crippen molar-refractivity contribution in [1.82, 2.24) is 0 Å². The Bertz CT molecular complexity index is 456. The number of piperidine rings is 1. The smallest absolute Gasteiger partial charge is 0.161 e. The summed E-state index contributed by atoms with van der Waals surface area (Å²) in [7, 11) is 0. The molecular weight excluding hydrogens is 302 g/mol. The van der Waals surface area contributed by atoms with Crippen molar-refractivity contribution in [2.75, 3.05) is 11.4 Å². The first kappa shape index (κ1) is 14.6. The van der Waals surface area contributed by atoms with E-state index in [0.717, 1.165) is 22.3 Å². The summed E-state index contributed by atoms with van der Waals surface area (Å²) in [5, 5.41) is 0. The zero-order valence-electron chi connectivity index (χ0n) is 11.8. The summed E-state index contributed by atoms with van der Waals surface area (Å²) in [4.78, 5) is 14.3. The average Bonchev–Trinajstić information content (AvgIpc) is 2.40. The van der Waals surface area contributed by atoms with E-state index in [0.29, 0.717) is 6.04 Å². The summed E-state index contributed by atoms with van der Waals surface area (Å²) in [6.07, 6.45) is 6.21. The van der Waals surface area contributed by atoms with Crippen LogP contribution in [0, 0.1) is 0 Å². The maximum absolute atomic E-state index is 11.9. The van der Waals surface area contributed by atoms with Gasteiger partial charge in [0.15, 0.2) is 5.78 Å². The lowest BCUT2D eigenvalue weighted by atomic mass is 9.96. The number of nitrogens with zero attached hydrogens (tertiary/aromatic N) is 1. The van der Waals surface area contributed by atoms with Gasteiger partial charge in [-0.1, -0.05) is 29.3 Å². The first-order valence-corrected chi connectivity index (χ1v) is 8.00. The number of anilines is 1. The van der Waals surface area contributed by atoms with Gasteiger partial charge >= 0.3 is 0 Å². The highest BCUT2D eigenvalue weighted by Crippen LogP contribution is 2.31. The van der Waals surface area contributed by atoms with E-state index in [1.807, 2.05) is 12.1 Å². The number of halogens is 1. The van der Waals surface area contributed by atoms with Gasteiger partial charge in [-0.25, -0.2) is 0 Å². The van der Waals surface area contributed by atoms with Gasteiger partial charge in [0, 0.05) is 28.3 Å². The van der Waals surface area contributed by atoms with Crippen LogP contribution in [0.3, 0.4) is 0 Å². The van der Waals surface area contributed by atoms with Gasteiger partial charge in [0.05, 0.1) is 0 Å². The van der Waals surface area contributed by atoms with E-state index >= 15 is 0 Å². The minimum Gasteiger partial charge on any atom is -0.368 e. The molecule has 1 saturated heterocycles. The number of carbonyl (C=O) groups excluding carboxylic acids is 1. The average molecular weight is 324 g/mol. The third kappa shape index (κ3) is 3.38. The lowest BCUT2D eigenvalue weighted by Gasteiger charge is -2.38. The van der Waals surface area contributed by atoms with Gasteiger partial charge in [0.1, 0.15) is 0 Å². The lowest BCUT2D eigenvalue weighted by Crippen LogP contribution is -2.40. The van der Waals surface area contributed by atoms with Crippen molar-refractivity contribution in [2.24, 2.45) is 0 Å². The number of carbonyl (C=O) groups is 1. The van der Waals surface area contributed by atoms with Crippen LogP contribution in [0.2, 0.25) is 0 Å². The molecule has 0 radical (unpaired) electrons. The molecule has 1 aliphatic heterocycles. The first-order valence-electron chi connectivity index (χ1n) is 7.20. The van der Waals surface area contributed by atoms with Crippen molar-refractivity contribution in [3.05, 3.63) is 28.2 Å². The summed E-state index contributed by atoms with van der Waals surface area (Å²) >= 11 is 3.46. The molecule has 1 aliphatic rings. The molecular formula is C16H22BrNO. The van der Waals surface area contributed by atoms with E-state index in [2.05, 4.69) is 33.8 Å². The minimum atomic E-state index is 0.150. The molecule has 1 fully saturated rings. The van der Waals surface area contributed by atoms with Gasteiger partial charge in [-0.3, -0.25) is 4.79 Å². The van der Waals surface area contributed by atoms with Crippen molar-refractivity contribution in [1.29, 1.82) is 0 Å². The summed E-state index contributed by atoms with van der Waals surface area (Å²) in [5.41, 5.74) is 1.96. The highest BCUT2D eigenvalue weighted by molar-refractivity contribution is 9.10. The van der Waals surface area contributed by atoms with Crippen LogP contribution >= 0.6 is 15.9 Å². The summed E-state index contributed by atoms with van der Waals surface area (Å²) in [6.45, 7) is 4.97. The Morgan fingerprint density at radius 3 is 2.89 bits per heavy atom. The Morgan fingerprint density at radius 2 is 2.21 bits per heavy atom. The fourth-order valence-corrected chi connectivity index (χ4v) is 3.35. The number of benzene rings is 1. The Morgan fingerprint density at radius 1 is 1.42 bits per heavy atom. The van der Waals surface area contributed by atoms with E-state index in [1.165, 1.54) is 32.1 Å². The van der Waals surface area contributed by atoms with Crippen LogP contribution in [0.5, 0.6) is 0 Å². The van der Waals surface area contributed by atoms with E-state index in [4.69, 9.17) is 0 Å². The van der Waals surface area contributed by atoms with E-state index < -0.39 is 0 Å². The van der Waals surface area contributed by atoms with Gasteiger partial charge in [0.2, 0.25) is 0 Å². The van der Waals surface area contributed by atoms with Crippen LogP contribution in [0.15, 0.2) is 22.7 Å². The lowest BCUT2D eigenvalue weighted by molar-refractivity contribution is 0.101. The Kier molecular flexibility index (Phi) is 5.03. The maximum atomic E-state index is 11.9. The van der Waals surface area contributed by atoms with Crippen LogP contribution in [-0.2, 0) is 0 Å². The van der Waals surface area contributed by atoms with Gasteiger partial charge in [0.25, 0.3) is 0 Å². The minimum absolute atomic E-state index is 0.150. The van der Waals surface area contributed by atoms with Crippen LogP contribution in [0.25, 0.3) is 0 Å². The number of Topliss-reactive ketones (excluding diaryl/α,β-unsaturated/α-hetero) is 1. The zero-order valence-corrected chi connectivity index (χ0v) is 13.4. The predicted molar refractivity (Wildman–Crippen MR) is 84.0 cm³/mol. The van der Waals surface area contributed by atoms with Crippen molar-refractivity contribution < 1.29 is 4.79 Å². The van der Waals surface area contributed by atoms with Crippen LogP contribution in [0.4, 0.5) is 5.69 Å². The summed E-state index contributed by atoms with van der Waals surface area (Å²) in [5.74, 6) is 0.150. The first-order chi connectivity index (χ1) is 9.13. The molecule has 1 aromatic rings. The normalized spacial score (nSPS) is 19.5. The molecule has 0 aliphatic carbocycles. The number of ketones is 1. The second-order valence-electron chi connectivity index (χ2n) is 5.35. The van der Waals surface area contributed by atoms with Gasteiger partial charge in [-0.05, 0) is 50.8 Å². The van der Waals surface area contributed by atoms with Crippen LogP contribution in [-0.4, -0.2) is 18.4 Å². The monoisotopic (exact) mass is 323 g/mol. The van der Waals surface area contributed by atoms with Gasteiger partial charge in [-0.2, -0.15) is 0 Å². The highest BCUT2D eigenvalue weighted by atomic mass is 79.9. The fourth-order valence-electron chi connectivity index (χ4n) is 2.99. The third-order valence-electron chi connectivity index (χ3n) is 3.90. The van der Waals surface area contributed by atoms with Crippen molar-refractivity contribution in [3.63, 3.8) is 0 Å². The summed E-state index contributed by atoms with van der Waals surface area (Å²) in [6, 6.07) is 6.68. The van der Waals surface area contributed by atoms with Gasteiger partial charge < -0.3 is 4.90 Å². The van der Waals surface area contributed by atoms with E-state index in [1.54, 1.807) is 6.92 Å². The molecule has 104 valence electrons. The second-order valence-corrected chi connectivity index (χ2v) is 6.27. The number of rotatable bonds is 4. The maximum Gasteiger partial charge on any atom is 0.161 e. The summed E-state index contributed by atoms with van der Waals surface area (Å²) < 4.78 is 0.977. The quantitative estimate of drug-likeness (QED) is 0.741. The van der Waals surface area contributed by atoms with E-state index in [-0.39, 0.29) is 5.78 Å². The molecule has 19 heavy (non-hydrogen) atoms.